The van der Waals surface area contributed by atoms with Crippen LogP contribution in [0.5, 0.6) is 5.75 Å². The number of hydrogen-bond acceptors (Lipinski definition) is 4. The lowest BCUT2D eigenvalue weighted by atomic mass is 10.1. The summed E-state index contributed by atoms with van der Waals surface area (Å²) in [6.45, 7) is 4.48. The third-order valence-electron chi connectivity index (χ3n) is 4.95. The third-order valence-corrected chi connectivity index (χ3v) is 4.95. The van der Waals surface area contributed by atoms with Crippen LogP contribution in [0, 0.1) is 17.5 Å². The molecule has 1 aliphatic rings. The number of benzene rings is 2. The summed E-state index contributed by atoms with van der Waals surface area (Å²) in [5, 5.41) is 2.58. The fraction of sp³-hybridized carbons (Fsp3) is 0.381. The summed E-state index contributed by atoms with van der Waals surface area (Å²) in [5.41, 5.74) is 1.13. The van der Waals surface area contributed by atoms with Crippen LogP contribution < -0.4 is 10.1 Å². The standard InChI is InChI=1S/C21H24F3N3O2/c1-29-20-5-2-15(12-19(20)24)14-27-10-8-26(9-11-27)7-6-21(28)25-16-3-4-17(22)18(23)13-16/h2-5,12-13H,6-11,14H2,1H3,(H,25,28). The number of piperazine rings is 1. The number of anilines is 1. The number of ether oxygens (including phenoxy) is 1. The predicted molar refractivity (Wildman–Crippen MR) is 104 cm³/mol. The molecule has 0 radical (unpaired) electrons. The fourth-order valence-electron chi connectivity index (χ4n) is 3.29. The van der Waals surface area contributed by atoms with Crippen molar-refractivity contribution in [1.82, 2.24) is 9.80 Å². The Hall–Kier alpha value is -2.58. The number of rotatable bonds is 7. The Balaban J connectivity index is 1.39. The molecule has 1 amide bonds. The zero-order valence-corrected chi connectivity index (χ0v) is 16.3. The van der Waals surface area contributed by atoms with Gasteiger partial charge in [-0.05, 0) is 29.8 Å². The molecule has 1 saturated heterocycles. The molecule has 8 heteroatoms. The van der Waals surface area contributed by atoms with Gasteiger partial charge in [-0.15, -0.1) is 0 Å². The Morgan fingerprint density at radius 1 is 0.966 bits per heavy atom. The molecule has 5 nitrogen and oxygen atoms in total. The van der Waals surface area contributed by atoms with Crippen molar-refractivity contribution in [2.45, 2.75) is 13.0 Å². The largest absolute Gasteiger partial charge is 0.494 e. The minimum absolute atomic E-state index is 0.236. The van der Waals surface area contributed by atoms with E-state index in [1.165, 1.54) is 19.2 Å². The summed E-state index contributed by atoms with van der Waals surface area (Å²) in [6, 6.07) is 8.27. The van der Waals surface area contributed by atoms with Crippen LogP contribution in [0.25, 0.3) is 0 Å². The van der Waals surface area contributed by atoms with E-state index >= 15 is 0 Å². The van der Waals surface area contributed by atoms with E-state index in [-0.39, 0.29) is 29.6 Å². The van der Waals surface area contributed by atoms with Gasteiger partial charge >= 0.3 is 0 Å². The Morgan fingerprint density at radius 2 is 1.69 bits per heavy atom. The number of carbonyl (C=O) groups excluding carboxylic acids is 1. The molecule has 2 aromatic carbocycles. The zero-order chi connectivity index (χ0) is 20.8. The molecule has 0 unspecified atom stereocenters. The molecular weight excluding hydrogens is 383 g/mol. The number of amides is 1. The van der Waals surface area contributed by atoms with E-state index in [9.17, 15) is 18.0 Å². The van der Waals surface area contributed by atoms with E-state index in [0.29, 0.717) is 13.1 Å². The lowest BCUT2D eigenvalue weighted by molar-refractivity contribution is -0.116. The topological polar surface area (TPSA) is 44.8 Å². The molecule has 0 atom stereocenters. The highest BCUT2D eigenvalue weighted by atomic mass is 19.2. The first-order chi connectivity index (χ1) is 13.9. The van der Waals surface area contributed by atoms with Gasteiger partial charge in [0.25, 0.3) is 0 Å². The lowest BCUT2D eigenvalue weighted by Crippen LogP contribution is -2.46. The maximum absolute atomic E-state index is 13.8. The Bertz CT molecular complexity index is 855. The van der Waals surface area contributed by atoms with Gasteiger partial charge in [-0.1, -0.05) is 6.07 Å². The van der Waals surface area contributed by atoms with Crippen molar-refractivity contribution in [1.29, 1.82) is 0 Å². The van der Waals surface area contributed by atoms with Crippen molar-refractivity contribution >= 4 is 11.6 Å². The maximum atomic E-state index is 13.8. The summed E-state index contributed by atoms with van der Waals surface area (Å²) >= 11 is 0. The van der Waals surface area contributed by atoms with Gasteiger partial charge in [-0.3, -0.25) is 9.69 Å². The smallest absolute Gasteiger partial charge is 0.225 e. The monoisotopic (exact) mass is 407 g/mol. The van der Waals surface area contributed by atoms with Crippen LogP contribution in [0.3, 0.4) is 0 Å². The summed E-state index contributed by atoms with van der Waals surface area (Å²) in [5.74, 6) is -2.31. The minimum Gasteiger partial charge on any atom is -0.494 e. The predicted octanol–water partition coefficient (Wildman–Crippen LogP) is 3.26. The molecule has 0 spiro atoms. The van der Waals surface area contributed by atoms with E-state index in [1.54, 1.807) is 6.07 Å². The average Bonchev–Trinajstić information content (AvgIpc) is 2.70. The van der Waals surface area contributed by atoms with E-state index in [4.69, 9.17) is 4.74 Å². The van der Waals surface area contributed by atoms with Crippen LogP contribution in [0.2, 0.25) is 0 Å². The van der Waals surface area contributed by atoms with Gasteiger partial charge in [0.15, 0.2) is 23.2 Å². The summed E-state index contributed by atoms with van der Waals surface area (Å²) < 4.78 is 44.9. The Labute approximate surface area is 168 Å². The maximum Gasteiger partial charge on any atom is 0.225 e. The van der Waals surface area contributed by atoms with E-state index < -0.39 is 11.6 Å². The molecule has 156 valence electrons. The first-order valence-electron chi connectivity index (χ1n) is 9.46. The van der Waals surface area contributed by atoms with Gasteiger partial charge in [0.05, 0.1) is 7.11 Å². The molecule has 1 N–H and O–H groups in total. The molecule has 0 aromatic heterocycles. The van der Waals surface area contributed by atoms with Crippen LogP contribution in [0.1, 0.15) is 12.0 Å². The van der Waals surface area contributed by atoms with Crippen molar-refractivity contribution in [2.75, 3.05) is 45.2 Å². The van der Waals surface area contributed by atoms with Crippen LogP contribution >= 0.6 is 0 Å². The van der Waals surface area contributed by atoms with Gasteiger partial charge in [0.2, 0.25) is 5.91 Å². The zero-order valence-electron chi connectivity index (χ0n) is 16.3. The SMILES string of the molecule is COc1ccc(CN2CCN(CCC(=O)Nc3ccc(F)c(F)c3)CC2)cc1F. The van der Waals surface area contributed by atoms with Crippen molar-refractivity contribution in [2.24, 2.45) is 0 Å². The van der Waals surface area contributed by atoms with Crippen LogP contribution in [0.4, 0.5) is 18.9 Å². The Kier molecular flexibility index (Phi) is 7.11. The highest BCUT2D eigenvalue weighted by Crippen LogP contribution is 2.19. The molecule has 1 fully saturated rings. The number of nitrogens with one attached hydrogen (secondary N) is 1. The molecule has 1 heterocycles. The number of halogens is 3. The number of methoxy groups -OCH3 is 1. The van der Waals surface area contributed by atoms with Crippen molar-refractivity contribution in [3.05, 3.63) is 59.4 Å². The van der Waals surface area contributed by atoms with Crippen molar-refractivity contribution in [3.8, 4) is 5.75 Å². The van der Waals surface area contributed by atoms with Crippen LogP contribution in [0.15, 0.2) is 36.4 Å². The molecular formula is C21H24F3N3O2. The highest BCUT2D eigenvalue weighted by Gasteiger charge is 2.18. The van der Waals surface area contributed by atoms with Gasteiger partial charge in [0.1, 0.15) is 0 Å². The molecule has 1 aliphatic heterocycles. The minimum atomic E-state index is -0.990. The molecule has 29 heavy (non-hydrogen) atoms. The molecule has 3 rings (SSSR count). The second-order valence-electron chi connectivity index (χ2n) is 7.01. The third kappa shape index (κ3) is 5.95. The van der Waals surface area contributed by atoms with Gasteiger partial charge < -0.3 is 15.0 Å². The van der Waals surface area contributed by atoms with Crippen molar-refractivity contribution < 1.29 is 22.7 Å². The fourth-order valence-corrected chi connectivity index (χ4v) is 3.29. The lowest BCUT2D eigenvalue weighted by Gasteiger charge is -2.34. The number of hydrogen-bond donors (Lipinski definition) is 1. The summed E-state index contributed by atoms with van der Waals surface area (Å²) in [7, 11) is 1.44. The molecule has 0 saturated carbocycles. The first kappa shape index (κ1) is 21.1. The Morgan fingerprint density at radius 3 is 2.34 bits per heavy atom. The van der Waals surface area contributed by atoms with Crippen LogP contribution in [-0.2, 0) is 11.3 Å². The van der Waals surface area contributed by atoms with E-state index in [1.807, 2.05) is 6.07 Å². The van der Waals surface area contributed by atoms with Crippen LogP contribution in [-0.4, -0.2) is 55.5 Å². The normalized spacial score (nSPS) is 15.3. The highest BCUT2D eigenvalue weighted by molar-refractivity contribution is 5.90. The number of nitrogens with zero attached hydrogens (tertiary/aromatic N) is 2. The number of carbonyl (C=O) groups is 1. The second-order valence-corrected chi connectivity index (χ2v) is 7.01. The molecule has 2 aromatic rings. The van der Waals surface area contributed by atoms with Gasteiger partial charge in [-0.25, -0.2) is 13.2 Å². The molecule has 0 aliphatic carbocycles. The molecule has 0 bridgehead atoms. The van der Waals surface area contributed by atoms with Gasteiger partial charge in [-0.2, -0.15) is 0 Å². The van der Waals surface area contributed by atoms with E-state index in [0.717, 1.165) is 43.9 Å². The summed E-state index contributed by atoms with van der Waals surface area (Å²) in [4.78, 5) is 16.4. The quantitative estimate of drug-likeness (QED) is 0.765. The average molecular weight is 407 g/mol. The van der Waals surface area contributed by atoms with E-state index in [2.05, 4.69) is 15.1 Å². The first-order valence-corrected chi connectivity index (χ1v) is 9.46. The van der Waals surface area contributed by atoms with Crippen molar-refractivity contribution in [3.63, 3.8) is 0 Å². The second kappa shape index (κ2) is 9.76. The van der Waals surface area contributed by atoms with Gasteiger partial charge in [0, 0.05) is 57.4 Å². The summed E-state index contributed by atoms with van der Waals surface area (Å²) in [6.07, 6.45) is 0.267.